The standard InChI is InChI=1S/C33H39ClN6O/c1-3-24-19-40(32-23(17-35)16-25(34)18-37-32)15-13-33(24)22-39(20-26-8-7-14-36-26)21-30-28(33)11-12-29(38-30)27-9-5-6-10-31(27)41-4-2/h5-6,9-12,16,18,24,26,36H,3-4,7-8,13-15,19-22H2,1-2H3/t24?,26-,33?/m1/s1. The number of nitriles is 1. The zero-order chi connectivity index (χ0) is 28.4. The van der Waals surface area contributed by atoms with Gasteiger partial charge in [0.25, 0.3) is 0 Å². The van der Waals surface area contributed by atoms with Crippen molar-refractivity contribution in [1.29, 1.82) is 5.26 Å². The molecule has 1 spiro atoms. The van der Waals surface area contributed by atoms with Crippen LogP contribution in [0.2, 0.25) is 5.02 Å². The van der Waals surface area contributed by atoms with Gasteiger partial charge in [-0.1, -0.05) is 43.1 Å². The lowest BCUT2D eigenvalue weighted by molar-refractivity contribution is 0.0966. The monoisotopic (exact) mass is 570 g/mol. The number of pyridine rings is 2. The van der Waals surface area contributed by atoms with E-state index in [4.69, 9.17) is 21.3 Å². The van der Waals surface area contributed by atoms with Gasteiger partial charge in [0.2, 0.25) is 0 Å². The predicted molar refractivity (Wildman–Crippen MR) is 163 cm³/mol. The summed E-state index contributed by atoms with van der Waals surface area (Å²) in [6.07, 6.45) is 6.16. The van der Waals surface area contributed by atoms with Crippen LogP contribution < -0.4 is 15.0 Å². The van der Waals surface area contributed by atoms with Gasteiger partial charge in [0.1, 0.15) is 17.6 Å². The molecule has 0 radical (unpaired) electrons. The fourth-order valence-electron chi connectivity index (χ4n) is 7.40. The van der Waals surface area contributed by atoms with Gasteiger partial charge in [-0.25, -0.2) is 4.98 Å². The highest BCUT2D eigenvalue weighted by Gasteiger charge is 2.49. The number of piperidine rings is 1. The van der Waals surface area contributed by atoms with Gasteiger partial charge < -0.3 is 15.0 Å². The van der Waals surface area contributed by atoms with Crippen molar-refractivity contribution < 1.29 is 4.74 Å². The van der Waals surface area contributed by atoms with Gasteiger partial charge in [-0.2, -0.15) is 5.26 Å². The van der Waals surface area contributed by atoms with E-state index in [0.29, 0.717) is 29.2 Å². The average Bonchev–Trinajstić information content (AvgIpc) is 3.50. The van der Waals surface area contributed by atoms with Crippen molar-refractivity contribution in [3.63, 3.8) is 0 Å². The zero-order valence-corrected chi connectivity index (χ0v) is 24.8. The molecule has 0 saturated carbocycles. The molecule has 6 rings (SSSR count). The molecule has 8 heteroatoms. The van der Waals surface area contributed by atoms with E-state index in [2.05, 4.69) is 57.4 Å². The molecular formula is C33H39ClN6O. The summed E-state index contributed by atoms with van der Waals surface area (Å²) in [5.74, 6) is 2.01. The number of nitrogens with one attached hydrogen (secondary N) is 1. The maximum atomic E-state index is 9.81. The summed E-state index contributed by atoms with van der Waals surface area (Å²) in [5.41, 5.74) is 5.12. The second kappa shape index (κ2) is 12.0. The van der Waals surface area contributed by atoms with Crippen molar-refractivity contribution >= 4 is 17.4 Å². The van der Waals surface area contributed by atoms with Crippen LogP contribution in [0.25, 0.3) is 11.3 Å². The summed E-state index contributed by atoms with van der Waals surface area (Å²) in [6, 6.07) is 17.3. The van der Waals surface area contributed by atoms with Crippen LogP contribution in [-0.2, 0) is 12.0 Å². The zero-order valence-electron chi connectivity index (χ0n) is 24.1. The summed E-state index contributed by atoms with van der Waals surface area (Å²) in [4.78, 5) is 14.9. The van der Waals surface area contributed by atoms with E-state index in [1.54, 1.807) is 12.3 Å². The van der Waals surface area contributed by atoms with Crippen LogP contribution >= 0.6 is 11.6 Å². The lowest BCUT2D eigenvalue weighted by Gasteiger charge is -2.53. The molecule has 1 N–H and O–H groups in total. The van der Waals surface area contributed by atoms with Crippen molar-refractivity contribution in [2.24, 2.45) is 5.92 Å². The number of fused-ring (bicyclic) bond motifs is 2. The first kappa shape index (κ1) is 28.0. The van der Waals surface area contributed by atoms with E-state index >= 15 is 0 Å². The Morgan fingerprint density at radius 2 is 2.10 bits per heavy atom. The summed E-state index contributed by atoms with van der Waals surface area (Å²) in [7, 11) is 0. The molecule has 3 aromatic rings. The second-order valence-corrected chi connectivity index (χ2v) is 12.1. The molecule has 2 unspecified atom stereocenters. The minimum absolute atomic E-state index is 0.0123. The highest BCUT2D eigenvalue weighted by atomic mass is 35.5. The summed E-state index contributed by atoms with van der Waals surface area (Å²) < 4.78 is 5.97. The molecule has 2 saturated heterocycles. The minimum atomic E-state index is -0.0123. The molecule has 3 aliphatic rings. The van der Waals surface area contributed by atoms with Crippen molar-refractivity contribution in [1.82, 2.24) is 20.2 Å². The van der Waals surface area contributed by atoms with Crippen LogP contribution in [0.1, 0.15) is 56.4 Å². The topological polar surface area (TPSA) is 77.3 Å². The number of nitrogens with zero attached hydrogens (tertiary/aromatic N) is 5. The number of benzene rings is 1. The smallest absolute Gasteiger partial charge is 0.146 e. The molecule has 0 aliphatic carbocycles. The van der Waals surface area contributed by atoms with Gasteiger partial charge in [-0.3, -0.25) is 9.88 Å². The van der Waals surface area contributed by atoms with Crippen LogP contribution in [-0.4, -0.2) is 60.2 Å². The number of anilines is 1. The second-order valence-electron chi connectivity index (χ2n) is 11.7. The van der Waals surface area contributed by atoms with Gasteiger partial charge in [0.05, 0.1) is 28.6 Å². The molecule has 5 heterocycles. The third-order valence-corrected chi connectivity index (χ3v) is 9.50. The molecule has 7 nitrogen and oxygen atoms in total. The molecule has 0 bridgehead atoms. The third-order valence-electron chi connectivity index (χ3n) is 9.29. The van der Waals surface area contributed by atoms with Gasteiger partial charge in [-0.05, 0) is 68.5 Å². The van der Waals surface area contributed by atoms with E-state index < -0.39 is 0 Å². The Balaban J connectivity index is 1.38. The predicted octanol–water partition coefficient (Wildman–Crippen LogP) is 5.81. The van der Waals surface area contributed by atoms with Gasteiger partial charge >= 0.3 is 0 Å². The Hall–Kier alpha value is -3.18. The molecule has 1 aromatic carbocycles. The van der Waals surface area contributed by atoms with Crippen LogP contribution in [0.4, 0.5) is 5.82 Å². The van der Waals surface area contributed by atoms with Gasteiger partial charge in [0, 0.05) is 55.9 Å². The molecule has 2 fully saturated rings. The van der Waals surface area contributed by atoms with E-state index in [9.17, 15) is 5.26 Å². The maximum absolute atomic E-state index is 9.81. The van der Waals surface area contributed by atoms with Crippen molar-refractivity contribution in [3.8, 4) is 23.1 Å². The molecule has 3 aliphatic heterocycles. The Morgan fingerprint density at radius 1 is 1.22 bits per heavy atom. The number of ether oxygens (including phenoxy) is 1. The summed E-state index contributed by atoms with van der Waals surface area (Å²) >= 11 is 6.18. The Bertz CT molecular complexity index is 1430. The number of hydrogen-bond donors (Lipinski definition) is 1. The number of rotatable bonds is 7. The molecule has 0 amide bonds. The first-order valence-corrected chi connectivity index (χ1v) is 15.4. The quantitative estimate of drug-likeness (QED) is 0.384. The molecule has 3 atom stereocenters. The first-order chi connectivity index (χ1) is 20.0. The minimum Gasteiger partial charge on any atom is -0.493 e. The number of aromatic nitrogens is 2. The first-order valence-electron chi connectivity index (χ1n) is 15.0. The number of halogens is 1. The largest absolute Gasteiger partial charge is 0.493 e. The van der Waals surface area contributed by atoms with E-state index in [0.717, 1.165) is 74.9 Å². The number of hydrogen-bond acceptors (Lipinski definition) is 7. The Kier molecular flexibility index (Phi) is 8.16. The molecular weight excluding hydrogens is 532 g/mol. The maximum Gasteiger partial charge on any atom is 0.146 e. The Morgan fingerprint density at radius 3 is 2.88 bits per heavy atom. The van der Waals surface area contributed by atoms with E-state index in [1.807, 2.05) is 19.1 Å². The molecule has 2 aromatic heterocycles. The Labute approximate surface area is 248 Å². The molecule has 214 valence electrons. The summed E-state index contributed by atoms with van der Waals surface area (Å²) in [6.45, 7) is 10.7. The fourth-order valence-corrected chi connectivity index (χ4v) is 7.56. The lowest BCUT2D eigenvalue weighted by atomic mass is 9.62. The van der Waals surface area contributed by atoms with E-state index in [-0.39, 0.29) is 5.41 Å². The van der Waals surface area contributed by atoms with Crippen molar-refractivity contribution in [2.75, 3.05) is 44.2 Å². The highest BCUT2D eigenvalue weighted by molar-refractivity contribution is 6.30. The van der Waals surface area contributed by atoms with Crippen molar-refractivity contribution in [3.05, 3.63) is 70.5 Å². The van der Waals surface area contributed by atoms with E-state index in [1.165, 1.54) is 24.1 Å². The van der Waals surface area contributed by atoms with Crippen LogP contribution in [0.15, 0.2) is 48.7 Å². The summed E-state index contributed by atoms with van der Waals surface area (Å²) in [5, 5.41) is 14.0. The fraction of sp³-hybridized carbons (Fsp3) is 0.485. The third kappa shape index (κ3) is 5.41. The number of para-hydroxylation sites is 1. The van der Waals surface area contributed by atoms with Crippen molar-refractivity contribution in [2.45, 2.75) is 57.5 Å². The SMILES string of the molecule is CCOc1ccccc1-c1ccc2c(n1)CN(C[C@H]1CCCN1)CC21CCN(c2ncc(Cl)cc2C#N)CC1CC. The van der Waals surface area contributed by atoms with Crippen LogP contribution in [0.5, 0.6) is 5.75 Å². The van der Waals surface area contributed by atoms with Crippen LogP contribution in [0.3, 0.4) is 0 Å². The van der Waals surface area contributed by atoms with Gasteiger partial charge in [0.15, 0.2) is 0 Å². The highest BCUT2D eigenvalue weighted by Crippen LogP contribution is 2.47. The lowest BCUT2D eigenvalue weighted by Crippen LogP contribution is -2.58. The average molecular weight is 571 g/mol. The normalized spacial score (nSPS) is 24.3. The van der Waals surface area contributed by atoms with Gasteiger partial charge in [-0.15, -0.1) is 0 Å². The molecule has 41 heavy (non-hydrogen) atoms. The van der Waals surface area contributed by atoms with Crippen LogP contribution in [0, 0.1) is 17.2 Å².